The third-order valence-electron chi connectivity index (χ3n) is 6.18. The molecule has 1 aromatic carbocycles. The second kappa shape index (κ2) is 9.39. The van der Waals surface area contributed by atoms with Crippen LogP contribution in [0.25, 0.3) is 0 Å². The summed E-state index contributed by atoms with van der Waals surface area (Å²) in [5, 5.41) is 2.91. The highest BCUT2D eigenvalue weighted by Gasteiger charge is 2.54. The maximum Gasteiger partial charge on any atom is 0.307 e. The Labute approximate surface area is 171 Å². The first-order valence-electron chi connectivity index (χ1n) is 10.3. The molecule has 0 saturated heterocycles. The number of esters is 1. The van der Waals surface area contributed by atoms with Crippen molar-refractivity contribution in [2.75, 3.05) is 33.9 Å². The largest absolute Gasteiger partial charge is 0.469 e. The molecule has 29 heavy (non-hydrogen) atoms. The first-order chi connectivity index (χ1) is 14.0. The van der Waals surface area contributed by atoms with Crippen LogP contribution in [0.1, 0.15) is 60.4 Å². The van der Waals surface area contributed by atoms with Crippen molar-refractivity contribution in [2.45, 2.75) is 50.0 Å². The molecular formula is C22H30N2O5. The lowest BCUT2D eigenvalue weighted by molar-refractivity contribution is -0.140. The Hall–Kier alpha value is -2.41. The highest BCUT2D eigenvalue weighted by atomic mass is 16.5. The summed E-state index contributed by atoms with van der Waals surface area (Å²) in [4.78, 5) is 40.1. The van der Waals surface area contributed by atoms with Crippen molar-refractivity contribution in [1.29, 1.82) is 0 Å². The standard InChI is InChI=1S/C22H30N2O5/c1-28-15-14-24-21(27)17-9-5-4-8-16(17)19(22(24)11-6-3-7-12-22)20(26)23-13-10-18(25)29-2/h4-5,8-9,19H,3,6-7,10-15H2,1-2H3,(H,23,26)/t19-/m1/s1. The molecule has 0 bridgehead atoms. The van der Waals surface area contributed by atoms with Crippen molar-refractivity contribution in [3.05, 3.63) is 35.4 Å². The van der Waals surface area contributed by atoms with Gasteiger partial charge in [0.1, 0.15) is 0 Å². The van der Waals surface area contributed by atoms with Crippen molar-refractivity contribution in [1.82, 2.24) is 10.2 Å². The predicted molar refractivity (Wildman–Crippen MR) is 108 cm³/mol. The molecule has 0 aromatic heterocycles. The molecule has 3 rings (SSSR count). The summed E-state index contributed by atoms with van der Waals surface area (Å²) in [6.07, 6.45) is 4.75. The quantitative estimate of drug-likeness (QED) is 0.707. The molecule has 1 aromatic rings. The second-order valence-corrected chi connectivity index (χ2v) is 7.75. The van der Waals surface area contributed by atoms with Crippen LogP contribution in [0.4, 0.5) is 0 Å². The van der Waals surface area contributed by atoms with E-state index in [0.717, 1.165) is 37.7 Å². The summed E-state index contributed by atoms with van der Waals surface area (Å²) in [6, 6.07) is 7.39. The monoisotopic (exact) mass is 402 g/mol. The maximum atomic E-state index is 13.4. The Morgan fingerprint density at radius 1 is 1.17 bits per heavy atom. The lowest BCUT2D eigenvalue weighted by Gasteiger charge is -2.53. The van der Waals surface area contributed by atoms with Gasteiger partial charge in [0.05, 0.1) is 31.6 Å². The number of nitrogens with one attached hydrogen (secondary N) is 1. The third kappa shape index (κ3) is 4.15. The van der Waals surface area contributed by atoms with Gasteiger partial charge < -0.3 is 19.7 Å². The topological polar surface area (TPSA) is 84.9 Å². The number of nitrogens with zero attached hydrogens (tertiary/aromatic N) is 1. The first kappa shape index (κ1) is 21.3. The number of amides is 2. The molecule has 0 unspecified atom stereocenters. The van der Waals surface area contributed by atoms with Crippen molar-refractivity contribution < 1.29 is 23.9 Å². The van der Waals surface area contributed by atoms with Gasteiger partial charge >= 0.3 is 5.97 Å². The molecule has 0 radical (unpaired) electrons. The fraction of sp³-hybridized carbons (Fsp3) is 0.591. The smallest absolute Gasteiger partial charge is 0.307 e. The molecule has 1 heterocycles. The molecule has 1 atom stereocenters. The van der Waals surface area contributed by atoms with Crippen molar-refractivity contribution >= 4 is 17.8 Å². The van der Waals surface area contributed by atoms with Gasteiger partial charge in [-0.3, -0.25) is 14.4 Å². The van der Waals surface area contributed by atoms with Gasteiger partial charge in [0.2, 0.25) is 5.91 Å². The van der Waals surface area contributed by atoms with E-state index in [4.69, 9.17) is 4.74 Å². The zero-order chi connectivity index (χ0) is 20.9. The van der Waals surface area contributed by atoms with E-state index < -0.39 is 11.5 Å². The molecule has 7 heteroatoms. The van der Waals surface area contributed by atoms with Crippen molar-refractivity contribution in [2.24, 2.45) is 0 Å². The van der Waals surface area contributed by atoms with Gasteiger partial charge in [-0.25, -0.2) is 0 Å². The van der Waals surface area contributed by atoms with Gasteiger partial charge in [-0.1, -0.05) is 37.5 Å². The Kier molecular flexibility index (Phi) is 6.90. The minimum atomic E-state index is -0.558. The lowest BCUT2D eigenvalue weighted by atomic mass is 9.65. The van der Waals surface area contributed by atoms with Crippen LogP contribution in [0.2, 0.25) is 0 Å². The van der Waals surface area contributed by atoms with Gasteiger partial charge in [0.25, 0.3) is 5.91 Å². The average molecular weight is 402 g/mol. The van der Waals surface area contributed by atoms with E-state index in [2.05, 4.69) is 10.1 Å². The Morgan fingerprint density at radius 2 is 1.90 bits per heavy atom. The van der Waals surface area contributed by atoms with E-state index in [1.165, 1.54) is 7.11 Å². The number of rotatable bonds is 7. The van der Waals surface area contributed by atoms with Crippen LogP contribution in [0, 0.1) is 0 Å². The van der Waals surface area contributed by atoms with Gasteiger partial charge in [-0.2, -0.15) is 0 Å². The minimum absolute atomic E-state index is 0.0295. The van der Waals surface area contributed by atoms with Crippen LogP contribution in [-0.4, -0.2) is 62.1 Å². The summed E-state index contributed by atoms with van der Waals surface area (Å²) < 4.78 is 9.93. The first-order valence-corrected chi connectivity index (χ1v) is 10.3. The fourth-order valence-corrected chi connectivity index (χ4v) is 4.84. The summed E-state index contributed by atoms with van der Waals surface area (Å²) in [5.74, 6) is -0.999. The Morgan fingerprint density at radius 3 is 2.59 bits per heavy atom. The van der Waals surface area contributed by atoms with Crippen LogP contribution in [0.15, 0.2) is 24.3 Å². The van der Waals surface area contributed by atoms with Gasteiger partial charge in [-0.15, -0.1) is 0 Å². The summed E-state index contributed by atoms with van der Waals surface area (Å²) in [5.41, 5.74) is 0.800. The molecule has 1 aliphatic heterocycles. The number of methoxy groups -OCH3 is 2. The number of ether oxygens (including phenoxy) is 2. The summed E-state index contributed by atoms with van der Waals surface area (Å²) in [7, 11) is 2.95. The third-order valence-corrected chi connectivity index (χ3v) is 6.18. The minimum Gasteiger partial charge on any atom is -0.469 e. The van der Waals surface area contributed by atoms with E-state index in [1.807, 2.05) is 23.1 Å². The normalized spacial score (nSPS) is 20.3. The van der Waals surface area contributed by atoms with Gasteiger partial charge in [-0.05, 0) is 24.5 Å². The van der Waals surface area contributed by atoms with Crippen molar-refractivity contribution in [3.8, 4) is 0 Å². The van der Waals surface area contributed by atoms with E-state index >= 15 is 0 Å². The summed E-state index contributed by atoms with van der Waals surface area (Å²) >= 11 is 0. The Balaban J connectivity index is 1.98. The maximum absolute atomic E-state index is 13.4. The number of carbonyl (C=O) groups excluding carboxylic acids is 3. The average Bonchev–Trinajstić information content (AvgIpc) is 2.74. The zero-order valence-corrected chi connectivity index (χ0v) is 17.2. The molecule has 7 nitrogen and oxygen atoms in total. The number of hydrogen-bond donors (Lipinski definition) is 1. The molecule has 1 spiro atoms. The highest BCUT2D eigenvalue weighted by molar-refractivity contribution is 6.02. The number of carbonyl (C=O) groups is 3. The SMILES string of the molecule is COCCN1C(=O)c2ccccc2[C@H](C(=O)NCCC(=O)OC)C12CCCCC2. The van der Waals surface area contributed by atoms with Crippen molar-refractivity contribution in [3.63, 3.8) is 0 Å². The van der Waals surface area contributed by atoms with Crippen LogP contribution >= 0.6 is 0 Å². The van der Waals surface area contributed by atoms with Gasteiger partial charge in [0.15, 0.2) is 0 Å². The highest BCUT2D eigenvalue weighted by Crippen LogP contribution is 2.49. The second-order valence-electron chi connectivity index (χ2n) is 7.75. The number of benzene rings is 1. The van der Waals surface area contributed by atoms with Crippen LogP contribution in [-0.2, 0) is 19.1 Å². The molecule has 2 amide bonds. The van der Waals surface area contributed by atoms with E-state index in [-0.39, 0.29) is 30.7 Å². The zero-order valence-electron chi connectivity index (χ0n) is 17.2. The molecule has 2 aliphatic rings. The number of hydrogen-bond acceptors (Lipinski definition) is 5. The summed E-state index contributed by atoms with van der Waals surface area (Å²) in [6.45, 7) is 1.09. The molecule has 158 valence electrons. The number of fused-ring (bicyclic) bond motifs is 1. The van der Waals surface area contributed by atoms with Crippen LogP contribution < -0.4 is 5.32 Å². The fourth-order valence-electron chi connectivity index (χ4n) is 4.84. The van der Waals surface area contributed by atoms with Gasteiger partial charge in [0, 0.05) is 25.8 Å². The van der Waals surface area contributed by atoms with E-state index in [0.29, 0.717) is 18.7 Å². The Bertz CT molecular complexity index is 757. The van der Waals surface area contributed by atoms with Crippen LogP contribution in [0.5, 0.6) is 0 Å². The van der Waals surface area contributed by atoms with E-state index in [1.54, 1.807) is 13.2 Å². The molecule has 1 saturated carbocycles. The predicted octanol–water partition coefficient (Wildman–Crippen LogP) is 2.25. The lowest BCUT2D eigenvalue weighted by Crippen LogP contribution is -2.63. The molecule has 1 aliphatic carbocycles. The van der Waals surface area contributed by atoms with E-state index in [9.17, 15) is 14.4 Å². The molecule has 1 fully saturated rings. The van der Waals surface area contributed by atoms with Crippen LogP contribution in [0.3, 0.4) is 0 Å². The molecule has 1 N–H and O–H groups in total. The molecular weight excluding hydrogens is 372 g/mol.